The second-order valence-electron chi connectivity index (χ2n) is 4.02. The second kappa shape index (κ2) is 4.40. The van der Waals surface area contributed by atoms with Crippen LogP contribution in [0.15, 0.2) is 23.2 Å². The number of nitrogens with two attached hydrogens (primary N) is 1. The molecule has 18 heavy (non-hydrogen) atoms. The van der Waals surface area contributed by atoms with E-state index in [-0.39, 0.29) is 11.7 Å². The Morgan fingerprint density at radius 1 is 1.50 bits per heavy atom. The van der Waals surface area contributed by atoms with Gasteiger partial charge in [0.1, 0.15) is 11.9 Å². The quantitative estimate of drug-likeness (QED) is 0.760. The first-order valence-corrected chi connectivity index (χ1v) is 5.29. The van der Waals surface area contributed by atoms with E-state index < -0.39 is 24.4 Å². The van der Waals surface area contributed by atoms with Crippen molar-refractivity contribution in [1.29, 1.82) is 0 Å². The van der Waals surface area contributed by atoms with E-state index in [9.17, 15) is 13.2 Å². The van der Waals surface area contributed by atoms with E-state index in [0.29, 0.717) is 5.69 Å². The molecule has 0 radical (unpaired) electrons. The van der Waals surface area contributed by atoms with Gasteiger partial charge < -0.3 is 15.8 Å². The molecule has 0 saturated carbocycles. The number of hydrogen-bond donors (Lipinski definition) is 2. The lowest BCUT2D eigenvalue weighted by Crippen LogP contribution is -2.42. The Bertz CT molecular complexity index is 490. The lowest BCUT2D eigenvalue weighted by molar-refractivity contribution is -0.0716. The van der Waals surface area contributed by atoms with Crippen LogP contribution in [0.1, 0.15) is 6.92 Å². The first kappa shape index (κ1) is 12.5. The molecule has 0 amide bonds. The summed E-state index contributed by atoms with van der Waals surface area (Å²) in [6.45, 7) is 0.476. The minimum atomic E-state index is -3.01. The zero-order chi connectivity index (χ0) is 13.3. The fraction of sp³-hybridized carbons (Fsp3) is 0.364. The molecule has 1 aliphatic heterocycles. The van der Waals surface area contributed by atoms with Crippen LogP contribution in [0.5, 0.6) is 0 Å². The Morgan fingerprint density at radius 3 is 2.89 bits per heavy atom. The maximum Gasteiger partial charge on any atom is 0.303 e. The third kappa shape index (κ3) is 2.49. The van der Waals surface area contributed by atoms with Crippen LogP contribution in [0.4, 0.5) is 24.5 Å². The maximum absolute atomic E-state index is 13.4. The average Bonchev–Trinajstić information content (AvgIpc) is 2.29. The standard InChI is InChI=1S/C11H12F3N3O/c1-6-11(13,14)5-18-10(16-6)17-9-4-7(15)2-3-8(9)12/h2-4,6H,5,15H2,1H3,(H,16,17). The van der Waals surface area contributed by atoms with Crippen molar-refractivity contribution in [2.75, 3.05) is 17.7 Å². The minimum Gasteiger partial charge on any atom is -0.459 e. The summed E-state index contributed by atoms with van der Waals surface area (Å²) in [5, 5.41) is 2.50. The van der Waals surface area contributed by atoms with Gasteiger partial charge in [0, 0.05) is 5.69 Å². The summed E-state index contributed by atoms with van der Waals surface area (Å²) in [6.07, 6.45) is 0. The number of rotatable bonds is 1. The molecule has 0 fully saturated rings. The van der Waals surface area contributed by atoms with E-state index in [2.05, 4.69) is 10.3 Å². The molecule has 1 aromatic rings. The Kier molecular flexibility index (Phi) is 3.06. The van der Waals surface area contributed by atoms with E-state index >= 15 is 0 Å². The van der Waals surface area contributed by atoms with Crippen molar-refractivity contribution in [1.82, 2.24) is 0 Å². The molecule has 1 atom stereocenters. The fourth-order valence-electron chi connectivity index (χ4n) is 1.42. The van der Waals surface area contributed by atoms with Crippen LogP contribution >= 0.6 is 0 Å². The van der Waals surface area contributed by atoms with Gasteiger partial charge in [-0.2, -0.15) is 0 Å². The molecule has 1 heterocycles. The topological polar surface area (TPSA) is 59.6 Å². The number of aliphatic imine (C=N–C) groups is 1. The van der Waals surface area contributed by atoms with Crippen molar-refractivity contribution in [2.45, 2.75) is 18.9 Å². The Labute approximate surface area is 102 Å². The van der Waals surface area contributed by atoms with Crippen LogP contribution in [-0.4, -0.2) is 24.6 Å². The number of alkyl halides is 2. The van der Waals surface area contributed by atoms with Crippen molar-refractivity contribution in [3.8, 4) is 0 Å². The second-order valence-corrected chi connectivity index (χ2v) is 4.02. The monoisotopic (exact) mass is 259 g/mol. The molecule has 0 bridgehead atoms. The highest BCUT2D eigenvalue weighted by molar-refractivity contribution is 5.90. The molecule has 0 aliphatic carbocycles. The number of benzene rings is 1. The minimum absolute atomic E-state index is 0.0335. The molecule has 1 aliphatic rings. The van der Waals surface area contributed by atoms with Gasteiger partial charge in [-0.3, -0.25) is 0 Å². The van der Waals surface area contributed by atoms with Crippen LogP contribution in [0.3, 0.4) is 0 Å². The normalized spacial score (nSPS) is 22.0. The zero-order valence-electron chi connectivity index (χ0n) is 9.58. The molecule has 0 saturated heterocycles. The van der Waals surface area contributed by atoms with Gasteiger partial charge in [-0.05, 0) is 25.1 Å². The predicted molar refractivity (Wildman–Crippen MR) is 62.2 cm³/mol. The van der Waals surface area contributed by atoms with Gasteiger partial charge >= 0.3 is 5.92 Å². The largest absolute Gasteiger partial charge is 0.459 e. The highest BCUT2D eigenvalue weighted by Gasteiger charge is 2.41. The summed E-state index contributed by atoms with van der Waals surface area (Å²) < 4.78 is 44.3. The van der Waals surface area contributed by atoms with Crippen molar-refractivity contribution in [2.24, 2.45) is 4.99 Å². The molecule has 1 unspecified atom stereocenters. The number of ether oxygens (including phenoxy) is 1. The molecule has 4 nitrogen and oxygen atoms in total. The van der Waals surface area contributed by atoms with Crippen molar-refractivity contribution < 1.29 is 17.9 Å². The number of anilines is 2. The number of halogens is 3. The molecule has 0 spiro atoms. The third-order valence-electron chi connectivity index (χ3n) is 2.56. The van der Waals surface area contributed by atoms with Crippen molar-refractivity contribution in [3.63, 3.8) is 0 Å². The fourth-order valence-corrected chi connectivity index (χ4v) is 1.42. The van der Waals surface area contributed by atoms with E-state index in [1.54, 1.807) is 0 Å². The average molecular weight is 259 g/mol. The molecule has 1 aromatic carbocycles. The summed E-state index contributed by atoms with van der Waals surface area (Å²) in [6, 6.07) is 2.52. The number of hydrogen-bond acceptors (Lipinski definition) is 4. The Morgan fingerprint density at radius 2 is 2.22 bits per heavy atom. The van der Waals surface area contributed by atoms with Gasteiger partial charge in [0.25, 0.3) is 6.02 Å². The van der Waals surface area contributed by atoms with Crippen LogP contribution in [0.2, 0.25) is 0 Å². The molecular formula is C11H12F3N3O. The molecule has 2 rings (SSSR count). The first-order valence-electron chi connectivity index (χ1n) is 5.29. The molecule has 98 valence electrons. The summed E-state index contributed by atoms with van der Waals surface area (Å²) in [7, 11) is 0. The van der Waals surface area contributed by atoms with Gasteiger partial charge in [-0.25, -0.2) is 18.2 Å². The first-order chi connectivity index (χ1) is 8.38. The van der Waals surface area contributed by atoms with Gasteiger partial charge in [0.05, 0.1) is 5.69 Å². The van der Waals surface area contributed by atoms with E-state index in [1.807, 2.05) is 0 Å². The third-order valence-corrected chi connectivity index (χ3v) is 2.56. The van der Waals surface area contributed by atoms with Crippen LogP contribution in [0.25, 0.3) is 0 Å². The van der Waals surface area contributed by atoms with Crippen molar-refractivity contribution >= 4 is 17.4 Å². The van der Waals surface area contributed by atoms with Gasteiger partial charge in [-0.1, -0.05) is 0 Å². The number of nitrogen functional groups attached to an aromatic ring is 1. The maximum atomic E-state index is 13.4. The number of nitrogens with zero attached hydrogens (tertiary/aromatic N) is 1. The smallest absolute Gasteiger partial charge is 0.303 e. The van der Waals surface area contributed by atoms with Gasteiger partial charge in [0.15, 0.2) is 6.61 Å². The Balaban J connectivity index is 2.18. The van der Waals surface area contributed by atoms with E-state index in [4.69, 9.17) is 10.5 Å². The van der Waals surface area contributed by atoms with E-state index in [0.717, 1.165) is 0 Å². The summed E-state index contributed by atoms with van der Waals surface area (Å²) >= 11 is 0. The van der Waals surface area contributed by atoms with Crippen LogP contribution < -0.4 is 11.1 Å². The lowest BCUT2D eigenvalue weighted by Gasteiger charge is -2.27. The zero-order valence-corrected chi connectivity index (χ0v) is 9.58. The summed E-state index contributed by atoms with van der Waals surface area (Å²) in [4.78, 5) is 3.63. The van der Waals surface area contributed by atoms with Crippen LogP contribution in [-0.2, 0) is 4.74 Å². The molecule has 7 heteroatoms. The van der Waals surface area contributed by atoms with Gasteiger partial charge in [0.2, 0.25) is 0 Å². The van der Waals surface area contributed by atoms with Crippen LogP contribution in [0, 0.1) is 5.82 Å². The summed E-state index contributed by atoms with van der Waals surface area (Å²) in [5.74, 6) is -3.58. The Hall–Kier alpha value is -1.92. The highest BCUT2D eigenvalue weighted by Crippen LogP contribution is 2.26. The summed E-state index contributed by atoms with van der Waals surface area (Å²) in [5.41, 5.74) is 5.87. The number of nitrogens with one attached hydrogen (secondary N) is 1. The molecule has 0 aromatic heterocycles. The van der Waals surface area contributed by atoms with Gasteiger partial charge in [-0.15, -0.1) is 0 Å². The highest BCUT2D eigenvalue weighted by atomic mass is 19.3. The SMILES string of the molecule is CC1N=C(Nc2cc(N)ccc2F)OCC1(F)F. The van der Waals surface area contributed by atoms with Crippen molar-refractivity contribution in [3.05, 3.63) is 24.0 Å². The number of amidine groups is 1. The van der Waals surface area contributed by atoms with E-state index in [1.165, 1.54) is 25.1 Å². The molecule has 3 N–H and O–H groups in total. The lowest BCUT2D eigenvalue weighted by atomic mass is 10.2. The molecular weight excluding hydrogens is 247 g/mol. The predicted octanol–water partition coefficient (Wildman–Crippen LogP) is 2.23.